The minimum absolute atomic E-state index is 0.00927. The molecule has 174 valence electrons. The zero-order valence-corrected chi connectivity index (χ0v) is 19.7. The van der Waals surface area contributed by atoms with Gasteiger partial charge in [0.1, 0.15) is 0 Å². The maximum Gasteiger partial charge on any atom is 0.263 e. The molecule has 1 spiro atoms. The quantitative estimate of drug-likeness (QED) is 0.296. The molecule has 3 aromatic carbocycles. The Morgan fingerprint density at radius 3 is 2.31 bits per heavy atom. The average molecular weight is 461 g/mol. The molecule has 6 rings (SSSR count). The molecule has 0 saturated heterocycles. The Hall–Kier alpha value is -3.99. The van der Waals surface area contributed by atoms with E-state index < -0.39 is 0 Å². The Morgan fingerprint density at radius 1 is 0.857 bits per heavy atom. The number of para-hydroxylation sites is 1. The van der Waals surface area contributed by atoms with E-state index in [-0.39, 0.29) is 11.0 Å². The zero-order valence-electron chi connectivity index (χ0n) is 19.7. The first-order valence-electron chi connectivity index (χ1n) is 12.4. The smallest absolute Gasteiger partial charge is 0.263 e. The van der Waals surface area contributed by atoms with Crippen molar-refractivity contribution in [3.05, 3.63) is 112 Å². The minimum atomic E-state index is -0.158. The van der Waals surface area contributed by atoms with Crippen molar-refractivity contribution in [3.8, 4) is 16.9 Å². The van der Waals surface area contributed by atoms with Gasteiger partial charge in [-0.1, -0.05) is 92.1 Å². The van der Waals surface area contributed by atoms with Crippen LogP contribution in [-0.2, 0) is 11.8 Å². The second kappa shape index (κ2) is 8.99. The lowest BCUT2D eigenvalue weighted by molar-refractivity contribution is 0.284. The first kappa shape index (κ1) is 21.5. The highest BCUT2D eigenvalue weighted by atomic mass is 16.1. The summed E-state index contributed by atoms with van der Waals surface area (Å²) in [5, 5.41) is 4.45. The average Bonchev–Trinajstić information content (AvgIpc) is 2.90. The van der Waals surface area contributed by atoms with Gasteiger partial charge in [-0.3, -0.25) is 4.79 Å². The molecule has 1 saturated carbocycles. The minimum Gasteiger partial charge on any atom is -0.268 e. The van der Waals surface area contributed by atoms with Crippen molar-refractivity contribution >= 4 is 12.2 Å². The molecule has 4 aromatic rings. The molecule has 0 bridgehead atoms. The van der Waals surface area contributed by atoms with Crippen LogP contribution < -0.4 is 11.0 Å². The fourth-order valence-corrected chi connectivity index (χ4v) is 5.80. The van der Waals surface area contributed by atoms with Gasteiger partial charge in [0.05, 0.1) is 23.2 Å². The number of fused-ring (bicyclic) bond motifs is 4. The number of hydrogen-bond donors (Lipinski definition) is 1. The molecule has 2 aliphatic carbocycles. The molecular formula is C30H28N4O. The summed E-state index contributed by atoms with van der Waals surface area (Å²) in [5.41, 5.74) is 8.73. The van der Waals surface area contributed by atoms with Gasteiger partial charge in [0.15, 0.2) is 0 Å². The summed E-state index contributed by atoms with van der Waals surface area (Å²) in [6.07, 6.45) is 8.23. The summed E-state index contributed by atoms with van der Waals surface area (Å²) in [6, 6.07) is 28.1. The number of hydrogen-bond acceptors (Lipinski definition) is 4. The Labute approximate surface area is 205 Å². The zero-order chi connectivity index (χ0) is 23.7. The van der Waals surface area contributed by atoms with Gasteiger partial charge in [0.2, 0.25) is 5.95 Å². The van der Waals surface area contributed by atoms with Gasteiger partial charge in [-0.05, 0) is 42.5 Å². The molecule has 1 fully saturated rings. The summed E-state index contributed by atoms with van der Waals surface area (Å²) in [5.74, 6) is 0.426. The lowest BCUT2D eigenvalue weighted by Gasteiger charge is -2.42. The SMILES string of the molecule is O=c1c2c(nc(N/N=C\c3ccccc3)n1-c1ccccc1)-c1ccccc1CC21CCCCC1. The van der Waals surface area contributed by atoms with Crippen LogP contribution in [0.5, 0.6) is 0 Å². The lowest BCUT2D eigenvalue weighted by Crippen LogP contribution is -2.42. The van der Waals surface area contributed by atoms with Crippen molar-refractivity contribution < 1.29 is 0 Å². The maximum atomic E-state index is 14.4. The fourth-order valence-electron chi connectivity index (χ4n) is 5.80. The third kappa shape index (κ3) is 3.87. The fraction of sp³-hybridized carbons (Fsp3) is 0.233. The first-order chi connectivity index (χ1) is 17.3. The van der Waals surface area contributed by atoms with Gasteiger partial charge < -0.3 is 0 Å². The Bertz CT molecular complexity index is 1430. The third-order valence-electron chi connectivity index (χ3n) is 7.42. The number of nitrogens with zero attached hydrogens (tertiary/aromatic N) is 3. The number of aromatic nitrogens is 2. The van der Waals surface area contributed by atoms with Crippen LogP contribution in [0.15, 0.2) is 94.8 Å². The molecule has 2 aliphatic rings. The van der Waals surface area contributed by atoms with Gasteiger partial charge in [-0.15, -0.1) is 0 Å². The highest BCUT2D eigenvalue weighted by Gasteiger charge is 2.43. The van der Waals surface area contributed by atoms with Crippen molar-refractivity contribution in [1.82, 2.24) is 9.55 Å². The number of rotatable bonds is 4. The second-order valence-electron chi connectivity index (χ2n) is 9.59. The maximum absolute atomic E-state index is 14.4. The van der Waals surface area contributed by atoms with Crippen LogP contribution in [0, 0.1) is 0 Å². The van der Waals surface area contributed by atoms with Gasteiger partial charge in [-0.2, -0.15) is 5.10 Å². The number of hydrazone groups is 1. The van der Waals surface area contributed by atoms with Crippen LogP contribution >= 0.6 is 0 Å². The van der Waals surface area contributed by atoms with E-state index in [0.717, 1.165) is 60.2 Å². The van der Waals surface area contributed by atoms with Crippen LogP contribution in [0.1, 0.15) is 48.8 Å². The molecule has 1 N–H and O–H groups in total. The van der Waals surface area contributed by atoms with Crippen LogP contribution in [-0.4, -0.2) is 15.8 Å². The van der Waals surface area contributed by atoms with E-state index in [1.165, 1.54) is 12.0 Å². The molecule has 0 radical (unpaired) electrons. The molecule has 0 atom stereocenters. The predicted molar refractivity (Wildman–Crippen MR) is 141 cm³/mol. The van der Waals surface area contributed by atoms with E-state index in [1.54, 1.807) is 10.8 Å². The monoisotopic (exact) mass is 460 g/mol. The number of benzene rings is 3. The predicted octanol–water partition coefficient (Wildman–Crippen LogP) is 6.10. The van der Waals surface area contributed by atoms with Gasteiger partial charge in [-0.25, -0.2) is 15.0 Å². The molecule has 35 heavy (non-hydrogen) atoms. The topological polar surface area (TPSA) is 59.3 Å². The lowest BCUT2D eigenvalue weighted by atomic mass is 9.62. The van der Waals surface area contributed by atoms with Crippen molar-refractivity contribution in [2.45, 2.75) is 43.9 Å². The van der Waals surface area contributed by atoms with E-state index in [0.29, 0.717) is 5.95 Å². The molecule has 0 amide bonds. The Balaban J connectivity index is 1.57. The summed E-state index contributed by atoms with van der Waals surface area (Å²) >= 11 is 0. The highest BCUT2D eigenvalue weighted by molar-refractivity contribution is 5.80. The van der Waals surface area contributed by atoms with Crippen molar-refractivity contribution in [2.24, 2.45) is 5.10 Å². The van der Waals surface area contributed by atoms with Crippen LogP contribution in [0.2, 0.25) is 0 Å². The van der Waals surface area contributed by atoms with Gasteiger partial charge >= 0.3 is 0 Å². The molecule has 1 heterocycles. The summed E-state index contributed by atoms with van der Waals surface area (Å²) in [4.78, 5) is 19.5. The molecule has 5 heteroatoms. The normalized spacial score (nSPS) is 16.1. The molecule has 5 nitrogen and oxygen atoms in total. The molecule has 0 unspecified atom stereocenters. The Kier molecular flexibility index (Phi) is 5.53. The third-order valence-corrected chi connectivity index (χ3v) is 7.42. The highest BCUT2D eigenvalue weighted by Crippen LogP contribution is 2.48. The second-order valence-corrected chi connectivity index (χ2v) is 9.59. The van der Waals surface area contributed by atoms with E-state index >= 15 is 0 Å². The Morgan fingerprint density at radius 2 is 1.54 bits per heavy atom. The summed E-state index contributed by atoms with van der Waals surface area (Å²) < 4.78 is 1.70. The van der Waals surface area contributed by atoms with Gasteiger partial charge in [0, 0.05) is 11.0 Å². The van der Waals surface area contributed by atoms with Crippen molar-refractivity contribution in [1.29, 1.82) is 0 Å². The summed E-state index contributed by atoms with van der Waals surface area (Å²) in [6.45, 7) is 0. The molecule has 1 aromatic heterocycles. The summed E-state index contributed by atoms with van der Waals surface area (Å²) in [7, 11) is 0. The standard InChI is InChI=1S/C30H28N4O/c35-28-26-27(25-17-9-8-14-23(25)20-30(26)18-10-3-11-19-30)32-29(34(28)24-15-6-2-7-16-24)33-31-21-22-12-4-1-5-13-22/h1-2,4-9,12-17,21H,3,10-11,18-20H2,(H,32,33)/b31-21-. The van der Waals surface area contributed by atoms with Crippen LogP contribution in [0.25, 0.3) is 16.9 Å². The van der Waals surface area contributed by atoms with Crippen LogP contribution in [0.3, 0.4) is 0 Å². The molecular weight excluding hydrogens is 432 g/mol. The van der Waals surface area contributed by atoms with E-state index in [2.05, 4.69) is 28.7 Å². The van der Waals surface area contributed by atoms with Crippen LogP contribution in [0.4, 0.5) is 5.95 Å². The number of nitrogens with one attached hydrogen (secondary N) is 1. The van der Waals surface area contributed by atoms with Crippen molar-refractivity contribution in [3.63, 3.8) is 0 Å². The molecule has 0 aliphatic heterocycles. The van der Waals surface area contributed by atoms with Crippen molar-refractivity contribution in [2.75, 3.05) is 5.43 Å². The first-order valence-corrected chi connectivity index (χ1v) is 12.4. The van der Waals surface area contributed by atoms with E-state index in [1.807, 2.05) is 66.7 Å². The van der Waals surface area contributed by atoms with E-state index in [9.17, 15) is 4.79 Å². The largest absolute Gasteiger partial charge is 0.268 e. The van der Waals surface area contributed by atoms with Gasteiger partial charge in [0.25, 0.3) is 5.56 Å². The van der Waals surface area contributed by atoms with E-state index in [4.69, 9.17) is 4.98 Å². The number of anilines is 1.